The highest BCUT2D eigenvalue weighted by Crippen LogP contribution is 2.21. The van der Waals surface area contributed by atoms with E-state index in [2.05, 4.69) is 4.98 Å². The molecule has 0 fully saturated rings. The van der Waals surface area contributed by atoms with Gasteiger partial charge in [-0.25, -0.2) is 0 Å². The lowest BCUT2D eigenvalue weighted by Gasteiger charge is -2.10. The van der Waals surface area contributed by atoms with E-state index in [-0.39, 0.29) is 5.91 Å². The Morgan fingerprint density at radius 1 is 1.38 bits per heavy atom. The zero-order chi connectivity index (χ0) is 11.7. The van der Waals surface area contributed by atoms with Crippen LogP contribution in [0.2, 0.25) is 5.02 Å². The minimum atomic E-state index is -0.0608. The zero-order valence-corrected chi connectivity index (χ0v) is 9.82. The third kappa shape index (κ3) is 1.86. The fraction of sp³-hybridized carbons (Fsp3) is 0.167. The molecule has 0 aliphatic rings. The molecular weight excluding hydrogens is 224 g/mol. The van der Waals surface area contributed by atoms with Crippen molar-refractivity contribution < 1.29 is 4.79 Å². The van der Waals surface area contributed by atoms with Gasteiger partial charge in [-0.3, -0.25) is 9.78 Å². The third-order valence-electron chi connectivity index (χ3n) is 2.31. The molecule has 0 bridgehead atoms. The number of halogens is 1. The largest absolute Gasteiger partial charge is 0.345 e. The van der Waals surface area contributed by atoms with Crippen molar-refractivity contribution in [3.8, 4) is 0 Å². The first-order chi connectivity index (χ1) is 7.59. The van der Waals surface area contributed by atoms with Gasteiger partial charge in [0, 0.05) is 25.7 Å². The van der Waals surface area contributed by atoms with Crippen LogP contribution in [0.1, 0.15) is 10.4 Å². The molecule has 1 aromatic heterocycles. The molecule has 4 heteroatoms. The summed E-state index contributed by atoms with van der Waals surface area (Å²) in [5.74, 6) is -0.0608. The molecule has 1 heterocycles. The highest BCUT2D eigenvalue weighted by molar-refractivity contribution is 6.35. The Labute approximate surface area is 98.7 Å². The summed E-state index contributed by atoms with van der Waals surface area (Å²) in [5.41, 5.74) is 1.29. The lowest BCUT2D eigenvalue weighted by Crippen LogP contribution is -2.21. The Balaban J connectivity index is 2.57. The summed E-state index contributed by atoms with van der Waals surface area (Å²) in [6.45, 7) is 0. The maximum Gasteiger partial charge on any atom is 0.254 e. The number of hydrogen-bond donors (Lipinski definition) is 0. The van der Waals surface area contributed by atoms with Gasteiger partial charge in [0.15, 0.2) is 0 Å². The molecule has 0 spiro atoms. The molecule has 0 aliphatic carbocycles. The first-order valence-corrected chi connectivity index (χ1v) is 5.23. The van der Waals surface area contributed by atoms with Crippen LogP contribution in [-0.2, 0) is 0 Å². The molecule has 0 saturated carbocycles. The predicted octanol–water partition coefficient (Wildman–Crippen LogP) is 2.59. The van der Waals surface area contributed by atoms with E-state index < -0.39 is 0 Å². The van der Waals surface area contributed by atoms with Crippen molar-refractivity contribution in [2.75, 3.05) is 14.1 Å². The van der Waals surface area contributed by atoms with E-state index in [4.69, 9.17) is 11.6 Å². The first kappa shape index (κ1) is 10.9. The second kappa shape index (κ2) is 4.10. The maximum absolute atomic E-state index is 11.7. The van der Waals surface area contributed by atoms with Crippen LogP contribution in [0.5, 0.6) is 0 Å². The SMILES string of the molecule is CN(C)C(=O)c1cnc2c(Cl)cccc2c1. The molecule has 16 heavy (non-hydrogen) atoms. The lowest BCUT2D eigenvalue weighted by molar-refractivity contribution is 0.0827. The van der Waals surface area contributed by atoms with Gasteiger partial charge in [-0.1, -0.05) is 23.7 Å². The van der Waals surface area contributed by atoms with E-state index in [1.807, 2.05) is 12.1 Å². The van der Waals surface area contributed by atoms with Crippen molar-refractivity contribution in [2.24, 2.45) is 0 Å². The van der Waals surface area contributed by atoms with Crippen LogP contribution in [0.4, 0.5) is 0 Å². The summed E-state index contributed by atoms with van der Waals surface area (Å²) in [4.78, 5) is 17.5. The van der Waals surface area contributed by atoms with E-state index >= 15 is 0 Å². The predicted molar refractivity (Wildman–Crippen MR) is 64.8 cm³/mol. The minimum absolute atomic E-state index is 0.0608. The first-order valence-electron chi connectivity index (χ1n) is 4.85. The van der Waals surface area contributed by atoms with Crippen LogP contribution < -0.4 is 0 Å². The van der Waals surface area contributed by atoms with Crippen molar-refractivity contribution in [3.63, 3.8) is 0 Å². The molecule has 0 unspecified atom stereocenters. The molecule has 1 aromatic carbocycles. The Morgan fingerprint density at radius 2 is 2.12 bits per heavy atom. The molecule has 2 rings (SSSR count). The Hall–Kier alpha value is -1.61. The number of fused-ring (bicyclic) bond motifs is 1. The van der Waals surface area contributed by atoms with Gasteiger partial charge in [0.25, 0.3) is 5.91 Å². The van der Waals surface area contributed by atoms with Crippen LogP contribution >= 0.6 is 11.6 Å². The van der Waals surface area contributed by atoms with Crippen molar-refractivity contribution >= 4 is 28.4 Å². The van der Waals surface area contributed by atoms with Gasteiger partial charge in [0.05, 0.1) is 16.1 Å². The number of carbonyl (C=O) groups excluding carboxylic acids is 1. The van der Waals surface area contributed by atoms with Crippen molar-refractivity contribution in [1.82, 2.24) is 9.88 Å². The molecule has 0 aliphatic heterocycles. The summed E-state index contributed by atoms with van der Waals surface area (Å²) in [5, 5.41) is 1.47. The van der Waals surface area contributed by atoms with Crippen LogP contribution in [0.15, 0.2) is 30.5 Å². The standard InChI is InChI=1S/C12H11ClN2O/c1-15(2)12(16)9-6-8-4-3-5-10(13)11(8)14-7-9/h3-7H,1-2H3. The number of aromatic nitrogens is 1. The van der Waals surface area contributed by atoms with Gasteiger partial charge in [0.1, 0.15) is 0 Å². The van der Waals surface area contributed by atoms with Gasteiger partial charge in [-0.05, 0) is 12.1 Å². The Morgan fingerprint density at radius 3 is 2.81 bits per heavy atom. The molecule has 3 nitrogen and oxygen atoms in total. The van der Waals surface area contributed by atoms with Gasteiger partial charge in [-0.2, -0.15) is 0 Å². The van der Waals surface area contributed by atoms with Crippen LogP contribution in [0.3, 0.4) is 0 Å². The van der Waals surface area contributed by atoms with Crippen LogP contribution in [0.25, 0.3) is 10.9 Å². The van der Waals surface area contributed by atoms with Gasteiger partial charge >= 0.3 is 0 Å². The Kier molecular flexibility index (Phi) is 2.79. The van der Waals surface area contributed by atoms with Gasteiger partial charge in [-0.15, -0.1) is 0 Å². The average molecular weight is 235 g/mol. The topological polar surface area (TPSA) is 33.2 Å². The number of benzene rings is 1. The minimum Gasteiger partial charge on any atom is -0.345 e. The second-order valence-corrected chi connectivity index (χ2v) is 4.14. The molecule has 0 N–H and O–H groups in total. The van der Waals surface area contributed by atoms with E-state index in [1.54, 1.807) is 32.4 Å². The molecule has 0 radical (unpaired) electrons. The molecule has 0 atom stereocenters. The van der Waals surface area contributed by atoms with Crippen molar-refractivity contribution in [3.05, 3.63) is 41.0 Å². The van der Waals surface area contributed by atoms with Gasteiger partial charge in [0.2, 0.25) is 0 Å². The summed E-state index contributed by atoms with van der Waals surface area (Å²) >= 11 is 5.99. The summed E-state index contributed by atoms with van der Waals surface area (Å²) in [6, 6.07) is 7.32. The smallest absolute Gasteiger partial charge is 0.254 e. The Bertz CT molecular complexity index is 552. The highest BCUT2D eigenvalue weighted by Gasteiger charge is 2.09. The second-order valence-electron chi connectivity index (χ2n) is 3.74. The fourth-order valence-electron chi connectivity index (χ4n) is 1.50. The number of nitrogens with zero attached hydrogens (tertiary/aromatic N) is 2. The summed E-state index contributed by atoms with van der Waals surface area (Å²) in [6.07, 6.45) is 1.55. The summed E-state index contributed by atoms with van der Waals surface area (Å²) in [7, 11) is 3.43. The molecule has 0 saturated heterocycles. The van der Waals surface area contributed by atoms with E-state index in [1.165, 1.54) is 4.90 Å². The molecular formula is C12H11ClN2O. The number of rotatable bonds is 1. The summed E-state index contributed by atoms with van der Waals surface area (Å²) < 4.78 is 0. The monoisotopic (exact) mass is 234 g/mol. The maximum atomic E-state index is 11.7. The van der Waals surface area contributed by atoms with Gasteiger partial charge < -0.3 is 4.90 Å². The number of carbonyl (C=O) groups is 1. The average Bonchev–Trinajstić information content (AvgIpc) is 2.28. The molecule has 2 aromatic rings. The number of para-hydroxylation sites is 1. The zero-order valence-electron chi connectivity index (χ0n) is 9.07. The van der Waals surface area contributed by atoms with Crippen molar-refractivity contribution in [1.29, 1.82) is 0 Å². The molecule has 82 valence electrons. The fourth-order valence-corrected chi connectivity index (χ4v) is 1.73. The lowest BCUT2D eigenvalue weighted by atomic mass is 10.1. The van der Waals surface area contributed by atoms with Crippen LogP contribution in [0, 0.1) is 0 Å². The molecule has 1 amide bonds. The van der Waals surface area contributed by atoms with E-state index in [9.17, 15) is 4.79 Å². The number of hydrogen-bond acceptors (Lipinski definition) is 2. The van der Waals surface area contributed by atoms with Crippen LogP contribution in [-0.4, -0.2) is 29.9 Å². The van der Waals surface area contributed by atoms with E-state index in [0.29, 0.717) is 10.6 Å². The number of amides is 1. The van der Waals surface area contributed by atoms with E-state index in [0.717, 1.165) is 10.9 Å². The number of pyridine rings is 1. The van der Waals surface area contributed by atoms with Crippen molar-refractivity contribution in [2.45, 2.75) is 0 Å². The third-order valence-corrected chi connectivity index (χ3v) is 2.62. The normalized spacial score (nSPS) is 10.4. The quantitative estimate of drug-likeness (QED) is 0.760. The highest BCUT2D eigenvalue weighted by atomic mass is 35.5.